The van der Waals surface area contributed by atoms with Crippen LogP contribution in [0.1, 0.15) is 23.2 Å². The molecule has 6 nitrogen and oxygen atoms in total. The van der Waals surface area contributed by atoms with Crippen LogP contribution in [0.4, 0.5) is 4.39 Å². The summed E-state index contributed by atoms with van der Waals surface area (Å²) in [5.74, 6) is -0.959. The van der Waals surface area contributed by atoms with Gasteiger partial charge in [-0.25, -0.2) is 9.45 Å². The van der Waals surface area contributed by atoms with Gasteiger partial charge in [-0.3, -0.25) is 14.4 Å². The summed E-state index contributed by atoms with van der Waals surface area (Å²) in [6, 6.07) is 10.1. The first-order valence-electron chi connectivity index (χ1n) is 9.79. The largest absolute Gasteiger partial charge is 0.493 e. The zero-order valence-electron chi connectivity index (χ0n) is 17.8. The van der Waals surface area contributed by atoms with Crippen LogP contribution in [-0.4, -0.2) is 43.7 Å². The molecule has 2 amide bonds. The molecule has 0 fully saturated rings. The highest BCUT2D eigenvalue weighted by Crippen LogP contribution is 2.30. The number of hydrogen-bond acceptors (Lipinski definition) is 4. The van der Waals surface area contributed by atoms with E-state index in [1.54, 1.807) is 36.4 Å². The van der Waals surface area contributed by atoms with E-state index in [2.05, 4.69) is 18.5 Å². The van der Waals surface area contributed by atoms with Gasteiger partial charge in [0.25, 0.3) is 11.8 Å². The SMILES string of the molecule is C=CCCOc1ccc(F)c(-c2ccccc2C(=O)N[C@@H](CC=C)C(=O)N(C)OC)c1. The first-order valence-corrected chi connectivity index (χ1v) is 9.79. The average molecular weight is 426 g/mol. The molecule has 0 aliphatic rings. The standard InChI is InChI=1S/C24H27FN2O4/c1-5-7-15-31-17-13-14-21(25)20(16-17)18-11-8-9-12-19(18)23(28)26-22(10-6-2)24(29)27(3)30-4/h5-6,8-9,11-14,16,22H,1-2,7,10,15H2,3-4H3,(H,26,28)/t22-/m0/s1. The Kier molecular flexibility index (Phi) is 8.96. The zero-order valence-corrected chi connectivity index (χ0v) is 17.8. The number of hydrogen-bond donors (Lipinski definition) is 1. The minimum absolute atomic E-state index is 0.210. The molecule has 1 N–H and O–H groups in total. The maximum Gasteiger partial charge on any atom is 0.268 e. The van der Waals surface area contributed by atoms with Crippen molar-refractivity contribution in [3.8, 4) is 16.9 Å². The predicted octanol–water partition coefficient (Wildman–Crippen LogP) is 4.14. The molecule has 0 radical (unpaired) electrons. The topological polar surface area (TPSA) is 67.9 Å². The summed E-state index contributed by atoms with van der Waals surface area (Å²) in [6.07, 6.45) is 4.12. The number of amides is 2. The number of hydroxylamine groups is 2. The van der Waals surface area contributed by atoms with E-state index in [9.17, 15) is 14.0 Å². The van der Waals surface area contributed by atoms with E-state index in [1.165, 1.54) is 32.4 Å². The molecule has 0 bridgehead atoms. The van der Waals surface area contributed by atoms with Crippen LogP contribution in [-0.2, 0) is 9.63 Å². The number of nitrogens with zero attached hydrogens (tertiary/aromatic N) is 1. The Morgan fingerprint density at radius 1 is 1.16 bits per heavy atom. The van der Waals surface area contributed by atoms with Crippen LogP contribution in [0.3, 0.4) is 0 Å². The fraction of sp³-hybridized carbons (Fsp3) is 0.250. The van der Waals surface area contributed by atoms with Crippen LogP contribution in [0.15, 0.2) is 67.8 Å². The van der Waals surface area contributed by atoms with Crippen molar-refractivity contribution in [1.82, 2.24) is 10.4 Å². The van der Waals surface area contributed by atoms with Crippen molar-refractivity contribution in [3.05, 3.63) is 79.2 Å². The Bertz CT molecular complexity index is 945. The molecule has 0 saturated carbocycles. The van der Waals surface area contributed by atoms with Gasteiger partial charge in [-0.2, -0.15) is 0 Å². The van der Waals surface area contributed by atoms with Gasteiger partial charge in [0.2, 0.25) is 0 Å². The maximum absolute atomic E-state index is 14.7. The number of ether oxygens (including phenoxy) is 1. The molecule has 0 saturated heterocycles. The third-order valence-corrected chi connectivity index (χ3v) is 4.58. The second kappa shape index (κ2) is 11.7. The molecule has 164 valence electrons. The molecule has 0 heterocycles. The highest BCUT2D eigenvalue weighted by molar-refractivity contribution is 6.02. The van der Waals surface area contributed by atoms with Gasteiger partial charge in [-0.05, 0) is 42.7 Å². The molecular weight excluding hydrogens is 399 g/mol. The fourth-order valence-corrected chi connectivity index (χ4v) is 2.91. The summed E-state index contributed by atoms with van der Waals surface area (Å²) in [4.78, 5) is 30.4. The Morgan fingerprint density at radius 2 is 1.90 bits per heavy atom. The van der Waals surface area contributed by atoms with Crippen molar-refractivity contribution < 1.29 is 23.6 Å². The van der Waals surface area contributed by atoms with Crippen molar-refractivity contribution in [2.75, 3.05) is 20.8 Å². The van der Waals surface area contributed by atoms with Crippen LogP contribution in [0.25, 0.3) is 11.1 Å². The van der Waals surface area contributed by atoms with Gasteiger partial charge in [-0.15, -0.1) is 13.2 Å². The number of benzene rings is 2. The minimum atomic E-state index is -0.874. The monoisotopic (exact) mass is 426 g/mol. The van der Waals surface area contributed by atoms with Crippen LogP contribution < -0.4 is 10.1 Å². The lowest BCUT2D eigenvalue weighted by molar-refractivity contribution is -0.170. The van der Waals surface area contributed by atoms with Gasteiger partial charge >= 0.3 is 0 Å². The smallest absolute Gasteiger partial charge is 0.268 e. The second-order valence-corrected chi connectivity index (χ2v) is 6.68. The van der Waals surface area contributed by atoms with Gasteiger partial charge in [0, 0.05) is 18.2 Å². The van der Waals surface area contributed by atoms with E-state index in [4.69, 9.17) is 9.57 Å². The molecule has 0 aromatic heterocycles. The molecule has 2 rings (SSSR count). The number of carbonyl (C=O) groups excluding carboxylic acids is 2. The number of carbonyl (C=O) groups is 2. The average Bonchev–Trinajstić information content (AvgIpc) is 2.79. The highest BCUT2D eigenvalue weighted by Gasteiger charge is 2.25. The predicted molar refractivity (Wildman–Crippen MR) is 118 cm³/mol. The molecule has 0 spiro atoms. The van der Waals surface area contributed by atoms with Gasteiger partial charge in [0.05, 0.1) is 13.7 Å². The lowest BCUT2D eigenvalue weighted by atomic mass is 9.98. The Balaban J connectivity index is 2.35. The normalized spacial score (nSPS) is 11.3. The van der Waals surface area contributed by atoms with Gasteiger partial charge in [0.1, 0.15) is 17.6 Å². The molecular formula is C24H27FN2O4. The van der Waals surface area contributed by atoms with E-state index in [1.807, 2.05) is 0 Å². The quantitative estimate of drug-likeness (QED) is 0.333. The first kappa shape index (κ1) is 23.8. The molecule has 31 heavy (non-hydrogen) atoms. The number of halogens is 1. The van der Waals surface area contributed by atoms with Crippen molar-refractivity contribution in [1.29, 1.82) is 0 Å². The Morgan fingerprint density at radius 3 is 2.58 bits per heavy atom. The van der Waals surface area contributed by atoms with Gasteiger partial charge < -0.3 is 10.1 Å². The summed E-state index contributed by atoms with van der Waals surface area (Å²) in [5.41, 5.74) is 0.839. The van der Waals surface area contributed by atoms with Gasteiger partial charge in [-0.1, -0.05) is 30.4 Å². The van der Waals surface area contributed by atoms with Crippen LogP contribution >= 0.6 is 0 Å². The van der Waals surface area contributed by atoms with Crippen molar-refractivity contribution in [2.45, 2.75) is 18.9 Å². The van der Waals surface area contributed by atoms with Gasteiger partial charge in [0.15, 0.2) is 0 Å². The summed E-state index contributed by atoms with van der Waals surface area (Å²) >= 11 is 0. The molecule has 7 heteroatoms. The molecule has 0 unspecified atom stereocenters. The third-order valence-electron chi connectivity index (χ3n) is 4.58. The Labute approximate surface area is 181 Å². The Hall–Kier alpha value is -3.45. The number of likely N-dealkylation sites (N-methyl/N-ethyl adjacent to an activating group) is 1. The van der Waals surface area contributed by atoms with Crippen molar-refractivity contribution >= 4 is 11.8 Å². The van der Waals surface area contributed by atoms with Crippen molar-refractivity contribution in [3.63, 3.8) is 0 Å². The summed E-state index contributed by atoms with van der Waals surface area (Å²) < 4.78 is 20.3. The number of rotatable bonds is 11. The summed E-state index contributed by atoms with van der Waals surface area (Å²) in [7, 11) is 2.80. The lowest BCUT2D eigenvalue weighted by Gasteiger charge is -2.22. The van der Waals surface area contributed by atoms with E-state index in [0.29, 0.717) is 24.3 Å². The molecule has 0 aliphatic carbocycles. The molecule has 0 aliphatic heterocycles. The second-order valence-electron chi connectivity index (χ2n) is 6.68. The van der Waals surface area contributed by atoms with E-state index in [-0.39, 0.29) is 17.5 Å². The van der Waals surface area contributed by atoms with E-state index in [0.717, 1.165) is 5.06 Å². The maximum atomic E-state index is 14.7. The first-order chi connectivity index (χ1) is 14.9. The highest BCUT2D eigenvalue weighted by atomic mass is 19.1. The van der Waals surface area contributed by atoms with Crippen molar-refractivity contribution in [2.24, 2.45) is 0 Å². The van der Waals surface area contributed by atoms with Crippen LogP contribution in [0.5, 0.6) is 5.75 Å². The third kappa shape index (κ3) is 6.26. The molecule has 2 aromatic carbocycles. The zero-order chi connectivity index (χ0) is 22.8. The molecule has 1 atom stereocenters. The van der Waals surface area contributed by atoms with E-state index >= 15 is 0 Å². The molecule has 2 aromatic rings. The van der Waals surface area contributed by atoms with Crippen LogP contribution in [0.2, 0.25) is 0 Å². The fourth-order valence-electron chi connectivity index (χ4n) is 2.91. The van der Waals surface area contributed by atoms with E-state index < -0.39 is 23.7 Å². The lowest BCUT2D eigenvalue weighted by Crippen LogP contribution is -2.46. The number of nitrogens with one attached hydrogen (secondary N) is 1. The van der Waals surface area contributed by atoms with Crippen LogP contribution in [0, 0.1) is 5.82 Å². The summed E-state index contributed by atoms with van der Waals surface area (Å²) in [5, 5.41) is 3.72. The minimum Gasteiger partial charge on any atom is -0.493 e. The summed E-state index contributed by atoms with van der Waals surface area (Å²) in [6.45, 7) is 7.69.